The molecule has 1 aliphatic heterocycles. The van der Waals surface area contributed by atoms with Gasteiger partial charge in [-0.15, -0.1) is 0 Å². The number of carbonyl (C=O) groups is 1. The van der Waals surface area contributed by atoms with Crippen LogP contribution >= 0.6 is 0 Å². The van der Waals surface area contributed by atoms with Crippen molar-refractivity contribution in [3.8, 4) is 22.8 Å². The van der Waals surface area contributed by atoms with Gasteiger partial charge in [-0.3, -0.25) is 4.79 Å². The molecule has 0 radical (unpaired) electrons. The van der Waals surface area contributed by atoms with Crippen LogP contribution in [0.25, 0.3) is 11.3 Å². The Hall–Kier alpha value is -2.96. The highest BCUT2D eigenvalue weighted by Gasteiger charge is 2.30. The molecule has 1 saturated heterocycles. The van der Waals surface area contributed by atoms with E-state index in [4.69, 9.17) is 5.11 Å². The molecule has 1 aromatic carbocycles. The van der Waals surface area contributed by atoms with Crippen LogP contribution in [0.4, 0.5) is 10.5 Å². The van der Waals surface area contributed by atoms with Crippen LogP contribution in [-0.4, -0.2) is 34.4 Å². The number of aromatic hydroxyl groups is 1. The molecule has 4 rings (SSSR count). The van der Waals surface area contributed by atoms with Gasteiger partial charge in [-0.1, -0.05) is 13.0 Å². The number of aromatic amines is 1. The maximum absolute atomic E-state index is 12.2. The van der Waals surface area contributed by atoms with E-state index in [0.717, 1.165) is 24.2 Å². The van der Waals surface area contributed by atoms with Gasteiger partial charge in [-0.2, -0.15) is 0 Å². The Morgan fingerprint density at radius 2 is 2.04 bits per heavy atom. The normalized spacial score (nSPS) is 18.3. The van der Waals surface area contributed by atoms with Crippen LogP contribution in [0.15, 0.2) is 23.0 Å². The lowest BCUT2D eigenvalue weighted by Gasteiger charge is -2.28. The molecule has 2 aromatic rings. The van der Waals surface area contributed by atoms with E-state index in [1.807, 2.05) is 19.1 Å². The van der Waals surface area contributed by atoms with E-state index >= 15 is 0 Å². The monoisotopic (exact) mass is 356 g/mol. The van der Waals surface area contributed by atoms with E-state index in [9.17, 15) is 14.7 Å². The van der Waals surface area contributed by atoms with Gasteiger partial charge in [-0.25, -0.2) is 4.79 Å². The van der Waals surface area contributed by atoms with E-state index in [1.165, 1.54) is 18.5 Å². The highest BCUT2D eigenvalue weighted by molar-refractivity contribution is 5.77. The Bertz CT molecular complexity index is 944. The molecule has 2 heterocycles. The van der Waals surface area contributed by atoms with Crippen molar-refractivity contribution in [1.82, 2.24) is 4.98 Å². The fourth-order valence-electron chi connectivity index (χ4n) is 4.06. The molecular weight excluding hydrogens is 336 g/mol. The summed E-state index contributed by atoms with van der Waals surface area (Å²) in [6.45, 7) is 4.05. The fourth-order valence-corrected chi connectivity index (χ4v) is 4.06. The van der Waals surface area contributed by atoms with Crippen LogP contribution in [0.5, 0.6) is 11.5 Å². The Kier molecular flexibility index (Phi) is 3.86. The number of carboxylic acid groups (broad SMARTS) is 1. The molecule has 1 aromatic heterocycles. The largest absolute Gasteiger partial charge is 0.511 e. The number of nitrogens with zero attached hydrogens (tertiary/aromatic N) is 1. The molecule has 3 N–H and O–H groups in total. The summed E-state index contributed by atoms with van der Waals surface area (Å²) in [6.07, 6.45) is 1.45. The SMILES string of the molecule is CC1Cc2cc(N3CCCC3)ccc2-c2[nH]c(=O)c(OC(=O)O)c(O)c21. The second-order valence-electron chi connectivity index (χ2n) is 6.93. The maximum Gasteiger partial charge on any atom is 0.511 e. The van der Waals surface area contributed by atoms with Crippen LogP contribution in [-0.2, 0) is 6.42 Å². The number of nitrogens with one attached hydrogen (secondary N) is 1. The van der Waals surface area contributed by atoms with Gasteiger partial charge in [0.1, 0.15) is 0 Å². The van der Waals surface area contributed by atoms with Crippen molar-refractivity contribution < 1.29 is 19.7 Å². The Balaban J connectivity index is 1.84. The zero-order chi connectivity index (χ0) is 18.4. The molecule has 1 atom stereocenters. The van der Waals surface area contributed by atoms with E-state index in [-0.39, 0.29) is 5.92 Å². The predicted octanol–water partition coefficient (Wildman–Crippen LogP) is 3.06. The van der Waals surface area contributed by atoms with Crippen molar-refractivity contribution >= 4 is 11.8 Å². The van der Waals surface area contributed by atoms with Gasteiger partial charge in [0.05, 0.1) is 5.69 Å². The topological polar surface area (TPSA) is 103 Å². The Morgan fingerprint density at radius 3 is 2.73 bits per heavy atom. The third-order valence-corrected chi connectivity index (χ3v) is 5.22. The number of fused-ring (bicyclic) bond motifs is 3. The summed E-state index contributed by atoms with van der Waals surface area (Å²) >= 11 is 0. The molecular formula is C19H20N2O5. The molecule has 0 spiro atoms. The van der Waals surface area contributed by atoms with Gasteiger partial charge in [0.15, 0.2) is 5.75 Å². The predicted molar refractivity (Wildman–Crippen MR) is 96.4 cm³/mol. The van der Waals surface area contributed by atoms with E-state index in [0.29, 0.717) is 17.7 Å². The lowest BCUT2D eigenvalue weighted by Crippen LogP contribution is -2.21. The standard InChI is InChI=1S/C19H20N2O5/c1-10-8-11-9-12(21-6-2-3-7-21)4-5-13(11)15-14(10)16(22)17(18(23)20-15)26-19(24)25/h4-5,9-10H,2-3,6-8H2,1H3,(H,24,25)(H2,20,22,23). The number of pyridine rings is 1. The fraction of sp³-hybridized carbons (Fsp3) is 0.368. The smallest absolute Gasteiger partial charge is 0.504 e. The summed E-state index contributed by atoms with van der Waals surface area (Å²) in [6, 6.07) is 6.14. The third kappa shape index (κ3) is 2.60. The number of rotatable bonds is 2. The summed E-state index contributed by atoms with van der Waals surface area (Å²) in [5, 5.41) is 19.3. The molecule has 0 bridgehead atoms. The van der Waals surface area contributed by atoms with Crippen molar-refractivity contribution in [2.24, 2.45) is 0 Å². The minimum Gasteiger partial charge on any atom is -0.504 e. The average Bonchev–Trinajstić information content (AvgIpc) is 3.12. The minimum absolute atomic E-state index is 0.0840. The molecule has 136 valence electrons. The second kappa shape index (κ2) is 6.09. The first-order valence-corrected chi connectivity index (χ1v) is 8.74. The van der Waals surface area contributed by atoms with E-state index in [2.05, 4.69) is 20.7 Å². The quantitative estimate of drug-likeness (QED) is 0.715. The number of ether oxygens (including phenoxy) is 1. The number of hydrogen-bond acceptors (Lipinski definition) is 5. The van der Waals surface area contributed by atoms with Crippen LogP contribution in [0.2, 0.25) is 0 Å². The van der Waals surface area contributed by atoms with Gasteiger partial charge in [0, 0.05) is 29.9 Å². The van der Waals surface area contributed by atoms with Crippen LogP contribution in [0.3, 0.4) is 0 Å². The van der Waals surface area contributed by atoms with Crippen molar-refractivity contribution in [2.75, 3.05) is 18.0 Å². The molecule has 7 nitrogen and oxygen atoms in total. The van der Waals surface area contributed by atoms with Gasteiger partial charge in [0.25, 0.3) is 5.56 Å². The highest BCUT2D eigenvalue weighted by Crippen LogP contribution is 2.45. The summed E-state index contributed by atoms with van der Waals surface area (Å²) in [5.41, 5.74) is 3.43. The summed E-state index contributed by atoms with van der Waals surface area (Å²) in [4.78, 5) is 28.1. The van der Waals surface area contributed by atoms with Crippen LogP contribution in [0.1, 0.15) is 36.8 Å². The van der Waals surface area contributed by atoms with Crippen molar-refractivity contribution in [3.05, 3.63) is 39.7 Å². The molecule has 0 amide bonds. The van der Waals surface area contributed by atoms with E-state index < -0.39 is 23.2 Å². The third-order valence-electron chi connectivity index (χ3n) is 5.22. The zero-order valence-electron chi connectivity index (χ0n) is 14.4. The minimum atomic E-state index is -1.63. The number of H-pyrrole nitrogens is 1. The van der Waals surface area contributed by atoms with Gasteiger partial charge >= 0.3 is 6.16 Å². The first-order valence-electron chi connectivity index (χ1n) is 8.74. The van der Waals surface area contributed by atoms with E-state index in [1.54, 1.807) is 0 Å². The number of aromatic nitrogens is 1. The lowest BCUT2D eigenvalue weighted by molar-refractivity contribution is 0.142. The van der Waals surface area contributed by atoms with Gasteiger partial charge in [0.2, 0.25) is 5.75 Å². The van der Waals surface area contributed by atoms with Crippen LogP contribution < -0.4 is 15.2 Å². The molecule has 26 heavy (non-hydrogen) atoms. The molecule has 2 aliphatic rings. The lowest BCUT2D eigenvalue weighted by atomic mass is 9.81. The summed E-state index contributed by atoms with van der Waals surface area (Å²) in [5.74, 6) is -1.05. The molecule has 0 saturated carbocycles. The Morgan fingerprint density at radius 1 is 1.31 bits per heavy atom. The first-order chi connectivity index (χ1) is 12.5. The van der Waals surface area contributed by atoms with Gasteiger partial charge < -0.3 is 24.8 Å². The van der Waals surface area contributed by atoms with Crippen LogP contribution in [0, 0.1) is 0 Å². The first kappa shape index (κ1) is 16.5. The van der Waals surface area contributed by atoms with Gasteiger partial charge in [-0.05, 0) is 42.9 Å². The average molecular weight is 356 g/mol. The second-order valence-corrected chi connectivity index (χ2v) is 6.93. The van der Waals surface area contributed by atoms with Crippen molar-refractivity contribution in [2.45, 2.75) is 32.1 Å². The molecule has 1 aliphatic carbocycles. The van der Waals surface area contributed by atoms with Crippen molar-refractivity contribution in [1.29, 1.82) is 0 Å². The Labute approximate surface area is 149 Å². The molecule has 7 heteroatoms. The zero-order valence-corrected chi connectivity index (χ0v) is 14.4. The molecule has 1 unspecified atom stereocenters. The number of benzene rings is 1. The number of hydrogen-bond donors (Lipinski definition) is 3. The highest BCUT2D eigenvalue weighted by atomic mass is 16.7. The number of anilines is 1. The maximum atomic E-state index is 12.2. The van der Waals surface area contributed by atoms with Crippen molar-refractivity contribution in [3.63, 3.8) is 0 Å². The molecule has 1 fully saturated rings. The summed E-state index contributed by atoms with van der Waals surface area (Å²) < 4.78 is 4.48. The summed E-state index contributed by atoms with van der Waals surface area (Å²) in [7, 11) is 0.